The second-order valence-electron chi connectivity index (χ2n) is 5.63. The largest absolute Gasteiger partial charge is 0.398 e. The molecule has 1 aromatic carbocycles. The summed E-state index contributed by atoms with van der Waals surface area (Å²) in [7, 11) is 0. The summed E-state index contributed by atoms with van der Waals surface area (Å²) in [5.74, 6) is -1.83. The van der Waals surface area contributed by atoms with Gasteiger partial charge in [0.25, 0.3) is 5.91 Å². The highest BCUT2D eigenvalue weighted by atomic mass is 19.2. The third-order valence-corrected chi connectivity index (χ3v) is 3.93. The average Bonchev–Trinajstić information content (AvgIpc) is 2.45. The lowest BCUT2D eigenvalue weighted by atomic mass is 9.99. The van der Waals surface area contributed by atoms with E-state index in [1.807, 2.05) is 0 Å². The minimum Gasteiger partial charge on any atom is -0.398 e. The first kappa shape index (κ1) is 15.7. The zero-order chi connectivity index (χ0) is 15.4. The van der Waals surface area contributed by atoms with E-state index >= 15 is 0 Å². The molecule has 0 bridgehead atoms. The number of likely N-dealkylation sites (tertiary alicyclic amines) is 1. The quantitative estimate of drug-likeness (QED) is 0.836. The SMILES string of the molecule is CC1CCN(CCNC(=O)c2cc(F)c(F)cc2N)CC1. The van der Waals surface area contributed by atoms with Crippen molar-refractivity contribution in [2.75, 3.05) is 31.9 Å². The van der Waals surface area contributed by atoms with E-state index < -0.39 is 17.5 Å². The van der Waals surface area contributed by atoms with Gasteiger partial charge in [0, 0.05) is 24.8 Å². The second kappa shape index (κ2) is 6.85. The van der Waals surface area contributed by atoms with Crippen molar-refractivity contribution in [2.45, 2.75) is 19.8 Å². The summed E-state index contributed by atoms with van der Waals surface area (Å²) >= 11 is 0. The average molecular weight is 297 g/mol. The lowest BCUT2D eigenvalue weighted by Gasteiger charge is -2.30. The Labute approximate surface area is 123 Å². The van der Waals surface area contributed by atoms with Gasteiger partial charge < -0.3 is 16.0 Å². The summed E-state index contributed by atoms with van der Waals surface area (Å²) in [6, 6.07) is 1.67. The number of halogens is 2. The summed E-state index contributed by atoms with van der Waals surface area (Å²) in [6.45, 7) is 5.52. The standard InChI is InChI=1S/C15H21F2N3O/c1-10-2-5-20(6-3-10)7-4-19-15(21)11-8-12(16)13(17)9-14(11)18/h8-10H,2-7,18H2,1H3,(H,19,21). The number of carbonyl (C=O) groups excluding carboxylic acids is 1. The van der Waals surface area contributed by atoms with E-state index in [1.54, 1.807) is 0 Å². The highest BCUT2D eigenvalue weighted by Crippen LogP contribution is 2.17. The number of nitrogens with two attached hydrogens (primary N) is 1. The van der Waals surface area contributed by atoms with Crippen molar-refractivity contribution in [1.82, 2.24) is 10.2 Å². The van der Waals surface area contributed by atoms with E-state index in [0.29, 0.717) is 6.54 Å². The van der Waals surface area contributed by atoms with Crippen LogP contribution in [-0.4, -0.2) is 37.0 Å². The van der Waals surface area contributed by atoms with Crippen LogP contribution in [0.25, 0.3) is 0 Å². The highest BCUT2D eigenvalue weighted by molar-refractivity contribution is 5.99. The van der Waals surface area contributed by atoms with Crippen molar-refractivity contribution in [3.8, 4) is 0 Å². The fraction of sp³-hybridized carbons (Fsp3) is 0.533. The minimum absolute atomic E-state index is 0.0267. The first-order valence-electron chi connectivity index (χ1n) is 7.22. The Morgan fingerprint density at radius 2 is 1.95 bits per heavy atom. The van der Waals surface area contributed by atoms with Gasteiger partial charge in [0.2, 0.25) is 0 Å². The Morgan fingerprint density at radius 3 is 2.62 bits per heavy atom. The van der Waals surface area contributed by atoms with Crippen LogP contribution >= 0.6 is 0 Å². The first-order chi connectivity index (χ1) is 9.97. The number of piperidine rings is 1. The molecule has 0 radical (unpaired) electrons. The molecule has 0 aliphatic carbocycles. The zero-order valence-corrected chi connectivity index (χ0v) is 12.2. The fourth-order valence-corrected chi connectivity index (χ4v) is 2.47. The number of benzene rings is 1. The van der Waals surface area contributed by atoms with Gasteiger partial charge in [0.15, 0.2) is 11.6 Å². The fourth-order valence-electron chi connectivity index (χ4n) is 2.47. The summed E-state index contributed by atoms with van der Waals surface area (Å²) in [5, 5.41) is 2.70. The molecule has 0 atom stereocenters. The van der Waals surface area contributed by atoms with Crippen molar-refractivity contribution < 1.29 is 13.6 Å². The molecule has 4 nitrogen and oxygen atoms in total. The maximum Gasteiger partial charge on any atom is 0.253 e. The van der Waals surface area contributed by atoms with Gasteiger partial charge in [-0.1, -0.05) is 6.92 Å². The number of nitrogens with one attached hydrogen (secondary N) is 1. The van der Waals surface area contributed by atoms with Crippen LogP contribution in [0.5, 0.6) is 0 Å². The third kappa shape index (κ3) is 4.14. The number of amides is 1. The predicted octanol–water partition coefficient (Wildman–Crippen LogP) is 2.01. The van der Waals surface area contributed by atoms with Gasteiger partial charge in [-0.15, -0.1) is 0 Å². The number of anilines is 1. The smallest absolute Gasteiger partial charge is 0.253 e. The molecule has 1 fully saturated rings. The van der Waals surface area contributed by atoms with Crippen molar-refractivity contribution >= 4 is 11.6 Å². The molecular formula is C15H21F2N3O. The normalized spacial score (nSPS) is 16.9. The number of hydrogen-bond acceptors (Lipinski definition) is 3. The van der Waals surface area contributed by atoms with Gasteiger partial charge in [-0.3, -0.25) is 4.79 Å². The molecule has 1 aromatic rings. The molecule has 1 aliphatic rings. The minimum atomic E-state index is -1.07. The van der Waals surface area contributed by atoms with Crippen molar-refractivity contribution in [3.63, 3.8) is 0 Å². The molecule has 0 spiro atoms. The number of hydrogen-bond donors (Lipinski definition) is 2. The molecule has 3 N–H and O–H groups in total. The Morgan fingerprint density at radius 1 is 1.33 bits per heavy atom. The van der Waals surface area contributed by atoms with Crippen LogP contribution in [0.4, 0.5) is 14.5 Å². The van der Waals surface area contributed by atoms with Crippen LogP contribution < -0.4 is 11.1 Å². The molecule has 21 heavy (non-hydrogen) atoms. The summed E-state index contributed by atoms with van der Waals surface area (Å²) in [6.07, 6.45) is 2.34. The van der Waals surface area contributed by atoms with E-state index in [4.69, 9.17) is 5.73 Å². The summed E-state index contributed by atoms with van der Waals surface area (Å²) < 4.78 is 26.1. The van der Waals surface area contributed by atoms with Gasteiger partial charge in [-0.05, 0) is 37.9 Å². The van der Waals surface area contributed by atoms with Crippen LogP contribution in [0.2, 0.25) is 0 Å². The summed E-state index contributed by atoms with van der Waals surface area (Å²) in [5.41, 5.74) is 5.46. The van der Waals surface area contributed by atoms with Gasteiger partial charge >= 0.3 is 0 Å². The van der Waals surface area contributed by atoms with Gasteiger partial charge in [0.05, 0.1) is 5.56 Å². The van der Waals surface area contributed by atoms with E-state index in [0.717, 1.165) is 37.7 Å². The van der Waals surface area contributed by atoms with Crippen LogP contribution in [0, 0.1) is 17.6 Å². The Balaban J connectivity index is 1.83. The molecule has 116 valence electrons. The van der Waals surface area contributed by atoms with Crippen LogP contribution in [0.3, 0.4) is 0 Å². The van der Waals surface area contributed by atoms with E-state index in [2.05, 4.69) is 17.1 Å². The number of carbonyl (C=O) groups is 1. The number of nitrogens with zero attached hydrogens (tertiary/aromatic N) is 1. The molecular weight excluding hydrogens is 276 g/mol. The lowest BCUT2D eigenvalue weighted by Crippen LogP contribution is -2.39. The molecule has 1 amide bonds. The monoisotopic (exact) mass is 297 g/mol. The van der Waals surface area contributed by atoms with Crippen molar-refractivity contribution in [3.05, 3.63) is 29.3 Å². The van der Waals surface area contributed by atoms with Gasteiger partial charge in [-0.25, -0.2) is 8.78 Å². The molecule has 0 unspecified atom stereocenters. The van der Waals surface area contributed by atoms with Crippen molar-refractivity contribution in [2.24, 2.45) is 5.92 Å². The Kier molecular flexibility index (Phi) is 5.12. The number of nitrogen functional groups attached to an aromatic ring is 1. The molecule has 1 aliphatic heterocycles. The zero-order valence-electron chi connectivity index (χ0n) is 12.2. The van der Waals surface area contributed by atoms with Crippen LogP contribution in [0.1, 0.15) is 30.1 Å². The van der Waals surface area contributed by atoms with Crippen molar-refractivity contribution in [1.29, 1.82) is 0 Å². The molecule has 0 saturated carbocycles. The Bertz CT molecular complexity index is 514. The molecule has 2 rings (SSSR count). The van der Waals surface area contributed by atoms with E-state index in [1.165, 1.54) is 12.8 Å². The molecule has 0 aromatic heterocycles. The lowest BCUT2D eigenvalue weighted by molar-refractivity contribution is 0.0945. The maximum absolute atomic E-state index is 13.2. The molecule has 1 saturated heterocycles. The summed E-state index contributed by atoms with van der Waals surface area (Å²) in [4.78, 5) is 14.2. The first-order valence-corrected chi connectivity index (χ1v) is 7.22. The van der Waals surface area contributed by atoms with E-state index in [-0.39, 0.29) is 11.3 Å². The predicted molar refractivity (Wildman–Crippen MR) is 77.9 cm³/mol. The Hall–Kier alpha value is -1.69. The second-order valence-corrected chi connectivity index (χ2v) is 5.63. The number of rotatable bonds is 4. The third-order valence-electron chi connectivity index (χ3n) is 3.93. The topological polar surface area (TPSA) is 58.4 Å². The molecule has 1 heterocycles. The van der Waals surface area contributed by atoms with Crippen LogP contribution in [0.15, 0.2) is 12.1 Å². The van der Waals surface area contributed by atoms with E-state index in [9.17, 15) is 13.6 Å². The van der Waals surface area contributed by atoms with Crippen LogP contribution in [-0.2, 0) is 0 Å². The van der Waals surface area contributed by atoms with Gasteiger partial charge in [-0.2, -0.15) is 0 Å². The highest BCUT2D eigenvalue weighted by Gasteiger charge is 2.17. The maximum atomic E-state index is 13.2. The molecule has 6 heteroatoms. The van der Waals surface area contributed by atoms with Gasteiger partial charge in [0.1, 0.15) is 0 Å².